The lowest BCUT2D eigenvalue weighted by atomic mass is 10.2. The number of ether oxygens (including phenoxy) is 3. The normalized spacial score (nSPS) is 15.1. The van der Waals surface area contributed by atoms with Crippen LogP contribution in [0.5, 0.6) is 17.2 Å². The van der Waals surface area contributed by atoms with Crippen molar-refractivity contribution >= 4 is 29.1 Å². The minimum absolute atomic E-state index is 0.143. The predicted molar refractivity (Wildman–Crippen MR) is 96.0 cm³/mol. The number of hydrogen-bond donors (Lipinski definition) is 2. The summed E-state index contributed by atoms with van der Waals surface area (Å²) < 4.78 is 16.3. The molecule has 2 N–H and O–H groups in total. The van der Waals surface area contributed by atoms with E-state index >= 15 is 0 Å². The predicted octanol–water partition coefficient (Wildman–Crippen LogP) is 2.24. The summed E-state index contributed by atoms with van der Waals surface area (Å²) in [6, 6.07) is 11.9. The number of amides is 2. The third-order valence-electron chi connectivity index (χ3n) is 3.67. The van der Waals surface area contributed by atoms with Crippen LogP contribution in [-0.2, 0) is 9.59 Å². The van der Waals surface area contributed by atoms with E-state index in [0.717, 1.165) is 0 Å². The Balaban J connectivity index is 1.50. The van der Waals surface area contributed by atoms with E-state index in [4.69, 9.17) is 25.8 Å². The zero-order valence-electron chi connectivity index (χ0n) is 14.0. The Morgan fingerprint density at radius 2 is 1.96 bits per heavy atom. The molecule has 136 valence electrons. The van der Waals surface area contributed by atoms with Crippen LogP contribution < -0.4 is 24.8 Å². The number of hydrogen-bond acceptors (Lipinski definition) is 5. The van der Waals surface area contributed by atoms with Crippen molar-refractivity contribution in [2.24, 2.45) is 0 Å². The Labute approximate surface area is 155 Å². The van der Waals surface area contributed by atoms with Crippen LogP contribution in [0.3, 0.4) is 0 Å². The summed E-state index contributed by atoms with van der Waals surface area (Å²) >= 11 is 5.99. The standard InChI is InChI=1S/C18H17ClN2O5/c1-24-14-7-6-11(8-13(14)19)21-18(23)17(22)20-9-12-10-25-15-4-2-3-5-16(15)26-12/h2-8,12H,9-10H2,1H3,(H,20,22)(H,21,23). The number of anilines is 1. The van der Waals surface area contributed by atoms with Crippen LogP contribution in [0.25, 0.3) is 0 Å². The van der Waals surface area contributed by atoms with Crippen LogP contribution in [0, 0.1) is 0 Å². The second kappa shape index (κ2) is 7.97. The summed E-state index contributed by atoms with van der Waals surface area (Å²) in [5, 5.41) is 5.33. The molecule has 2 aromatic carbocycles. The zero-order valence-corrected chi connectivity index (χ0v) is 14.7. The van der Waals surface area contributed by atoms with Crippen LogP contribution in [0.2, 0.25) is 5.02 Å². The summed E-state index contributed by atoms with van der Waals surface area (Å²) in [5.74, 6) is 0.158. The number of rotatable bonds is 4. The molecule has 0 spiro atoms. The van der Waals surface area contributed by atoms with Gasteiger partial charge in [-0.25, -0.2) is 0 Å². The molecule has 7 nitrogen and oxygen atoms in total. The first-order valence-corrected chi connectivity index (χ1v) is 8.26. The van der Waals surface area contributed by atoms with E-state index in [-0.39, 0.29) is 19.3 Å². The Morgan fingerprint density at radius 3 is 2.69 bits per heavy atom. The number of carbonyl (C=O) groups excluding carboxylic acids is 2. The quantitative estimate of drug-likeness (QED) is 0.799. The topological polar surface area (TPSA) is 85.9 Å². The molecule has 0 saturated carbocycles. The van der Waals surface area contributed by atoms with E-state index in [1.54, 1.807) is 24.3 Å². The number of carbonyl (C=O) groups is 2. The van der Waals surface area contributed by atoms with Crippen molar-refractivity contribution in [2.75, 3.05) is 25.6 Å². The van der Waals surface area contributed by atoms with Crippen molar-refractivity contribution in [1.29, 1.82) is 0 Å². The molecule has 0 saturated heterocycles. The maximum atomic E-state index is 12.0. The van der Waals surface area contributed by atoms with Crippen LogP contribution in [0.15, 0.2) is 42.5 Å². The Hall–Kier alpha value is -2.93. The highest BCUT2D eigenvalue weighted by atomic mass is 35.5. The van der Waals surface area contributed by atoms with Gasteiger partial charge in [-0.15, -0.1) is 0 Å². The van der Waals surface area contributed by atoms with E-state index in [1.807, 2.05) is 12.1 Å². The molecule has 1 aliphatic rings. The molecule has 0 fully saturated rings. The second-order valence-corrected chi connectivity index (χ2v) is 5.92. The van der Waals surface area contributed by atoms with E-state index in [2.05, 4.69) is 10.6 Å². The molecular formula is C18H17ClN2O5. The Morgan fingerprint density at radius 1 is 1.19 bits per heavy atom. The summed E-state index contributed by atoms with van der Waals surface area (Å²) in [6.07, 6.45) is -0.378. The van der Waals surface area contributed by atoms with E-state index in [9.17, 15) is 9.59 Å². The first-order chi connectivity index (χ1) is 12.6. The number of fused-ring (bicyclic) bond motifs is 1. The maximum absolute atomic E-state index is 12.0. The molecule has 0 bridgehead atoms. The van der Waals surface area contributed by atoms with Crippen molar-refractivity contribution < 1.29 is 23.8 Å². The molecule has 8 heteroatoms. The fourth-order valence-corrected chi connectivity index (χ4v) is 2.64. The smallest absolute Gasteiger partial charge is 0.313 e. The van der Waals surface area contributed by atoms with Crippen molar-refractivity contribution in [3.05, 3.63) is 47.5 Å². The molecule has 1 atom stereocenters. The van der Waals surface area contributed by atoms with Crippen molar-refractivity contribution in [1.82, 2.24) is 5.32 Å². The van der Waals surface area contributed by atoms with Crippen LogP contribution >= 0.6 is 11.6 Å². The summed E-state index contributed by atoms with van der Waals surface area (Å²) in [4.78, 5) is 23.9. The summed E-state index contributed by atoms with van der Waals surface area (Å²) in [7, 11) is 1.49. The molecule has 0 aromatic heterocycles. The van der Waals surface area contributed by atoms with Gasteiger partial charge in [0.15, 0.2) is 11.5 Å². The van der Waals surface area contributed by atoms with Crippen molar-refractivity contribution in [2.45, 2.75) is 6.10 Å². The van der Waals surface area contributed by atoms with Crippen LogP contribution in [0.4, 0.5) is 5.69 Å². The zero-order chi connectivity index (χ0) is 18.5. The van der Waals surface area contributed by atoms with Gasteiger partial charge in [0.2, 0.25) is 0 Å². The number of benzene rings is 2. The summed E-state index contributed by atoms with van der Waals surface area (Å²) in [5.41, 5.74) is 0.391. The van der Waals surface area contributed by atoms with Crippen molar-refractivity contribution in [3.63, 3.8) is 0 Å². The van der Waals surface area contributed by atoms with Gasteiger partial charge in [-0.05, 0) is 30.3 Å². The Kier molecular flexibility index (Phi) is 5.48. The first-order valence-electron chi connectivity index (χ1n) is 7.88. The van der Waals surface area contributed by atoms with Gasteiger partial charge in [0.05, 0.1) is 18.7 Å². The molecule has 1 aliphatic heterocycles. The van der Waals surface area contributed by atoms with E-state index in [0.29, 0.717) is 28.0 Å². The molecular weight excluding hydrogens is 360 g/mol. The largest absolute Gasteiger partial charge is 0.495 e. The monoisotopic (exact) mass is 376 g/mol. The van der Waals surface area contributed by atoms with Gasteiger partial charge in [0.25, 0.3) is 0 Å². The summed E-state index contributed by atoms with van der Waals surface area (Å²) in [6.45, 7) is 0.428. The van der Waals surface area contributed by atoms with Crippen LogP contribution in [-0.4, -0.2) is 38.2 Å². The highest BCUT2D eigenvalue weighted by Crippen LogP contribution is 2.30. The molecule has 1 heterocycles. The minimum atomic E-state index is -0.802. The minimum Gasteiger partial charge on any atom is -0.495 e. The van der Waals surface area contributed by atoms with Gasteiger partial charge >= 0.3 is 11.8 Å². The van der Waals surface area contributed by atoms with Crippen molar-refractivity contribution in [3.8, 4) is 17.2 Å². The first kappa shape index (κ1) is 17.9. The van der Waals surface area contributed by atoms with Gasteiger partial charge in [-0.1, -0.05) is 23.7 Å². The molecule has 0 radical (unpaired) electrons. The fourth-order valence-electron chi connectivity index (χ4n) is 2.38. The van der Waals surface area contributed by atoms with E-state index < -0.39 is 11.8 Å². The lowest BCUT2D eigenvalue weighted by Crippen LogP contribution is -2.44. The van der Waals surface area contributed by atoms with Gasteiger partial charge in [0, 0.05) is 5.69 Å². The SMILES string of the molecule is COc1ccc(NC(=O)C(=O)NCC2COc3ccccc3O2)cc1Cl. The number of halogens is 1. The van der Waals surface area contributed by atoms with Gasteiger partial charge in [-0.2, -0.15) is 0 Å². The van der Waals surface area contributed by atoms with Crippen LogP contribution in [0.1, 0.15) is 0 Å². The lowest BCUT2D eigenvalue weighted by molar-refractivity contribution is -0.136. The van der Waals surface area contributed by atoms with E-state index in [1.165, 1.54) is 13.2 Å². The highest BCUT2D eigenvalue weighted by molar-refractivity contribution is 6.40. The Bertz CT molecular complexity index is 827. The molecule has 2 aromatic rings. The second-order valence-electron chi connectivity index (χ2n) is 5.51. The van der Waals surface area contributed by atoms with Gasteiger partial charge in [-0.3, -0.25) is 9.59 Å². The maximum Gasteiger partial charge on any atom is 0.313 e. The molecule has 3 rings (SSSR count). The number of methoxy groups -OCH3 is 1. The fraction of sp³-hybridized carbons (Fsp3) is 0.222. The van der Waals surface area contributed by atoms with Gasteiger partial charge in [0.1, 0.15) is 18.5 Å². The van der Waals surface area contributed by atoms with Gasteiger partial charge < -0.3 is 24.8 Å². The number of nitrogens with one attached hydrogen (secondary N) is 2. The third-order valence-corrected chi connectivity index (χ3v) is 3.97. The third kappa shape index (κ3) is 4.18. The average Bonchev–Trinajstić information content (AvgIpc) is 2.66. The number of para-hydroxylation sites is 2. The highest BCUT2D eigenvalue weighted by Gasteiger charge is 2.22. The molecule has 1 unspecified atom stereocenters. The molecule has 0 aliphatic carbocycles. The average molecular weight is 377 g/mol. The molecule has 2 amide bonds. The molecule has 26 heavy (non-hydrogen) atoms. The lowest BCUT2D eigenvalue weighted by Gasteiger charge is -2.26.